The molecule has 1 saturated carbocycles. The van der Waals surface area contributed by atoms with E-state index in [0.29, 0.717) is 17.2 Å². The van der Waals surface area contributed by atoms with E-state index in [2.05, 4.69) is 26.0 Å². The second kappa shape index (κ2) is 11.0. The van der Waals surface area contributed by atoms with Crippen molar-refractivity contribution < 1.29 is 13.2 Å². The van der Waals surface area contributed by atoms with Crippen LogP contribution in [0.3, 0.4) is 0 Å². The van der Waals surface area contributed by atoms with E-state index in [1.807, 2.05) is 30.3 Å². The minimum atomic E-state index is -3.63. The third kappa shape index (κ3) is 5.39. The molecule has 5 rings (SSSR count). The molecule has 1 fully saturated rings. The van der Waals surface area contributed by atoms with Crippen LogP contribution in [0, 0.1) is 13.8 Å². The van der Waals surface area contributed by atoms with Gasteiger partial charge in [-0.1, -0.05) is 60.9 Å². The van der Waals surface area contributed by atoms with E-state index in [1.54, 1.807) is 36.2 Å². The Bertz CT molecular complexity index is 1500. The number of aromatic nitrogens is 1. The molecular formula is C30H33N3O3S2. The summed E-state index contributed by atoms with van der Waals surface area (Å²) in [4.78, 5) is 20.5. The van der Waals surface area contributed by atoms with Gasteiger partial charge in [0.05, 0.1) is 21.7 Å². The molecule has 0 bridgehead atoms. The fraction of sp³-hybridized carbons (Fsp3) is 0.333. The van der Waals surface area contributed by atoms with E-state index in [1.165, 1.54) is 21.2 Å². The molecule has 4 aromatic rings. The number of benzene rings is 3. The van der Waals surface area contributed by atoms with Crippen LogP contribution in [0.15, 0.2) is 71.6 Å². The normalized spacial score (nSPS) is 14.7. The minimum Gasteiger partial charge on any atom is -0.279 e. The number of carbonyl (C=O) groups excluding carboxylic acids is 1. The van der Waals surface area contributed by atoms with Crippen LogP contribution < -0.4 is 4.90 Å². The SMILES string of the molecule is Cc1cc2nc(N(Cc3ccccc3)C(=O)c3ccc(S(=O)(=O)N(C)C4CCCCC4)cc3)sc2cc1C. The summed E-state index contributed by atoms with van der Waals surface area (Å²) < 4.78 is 29.1. The number of hydrogen-bond acceptors (Lipinski definition) is 5. The van der Waals surface area contributed by atoms with Gasteiger partial charge in [0, 0.05) is 18.7 Å². The summed E-state index contributed by atoms with van der Waals surface area (Å²) in [7, 11) is -1.96. The second-order valence-corrected chi connectivity index (χ2v) is 13.1. The van der Waals surface area contributed by atoms with Gasteiger partial charge in [0.2, 0.25) is 10.0 Å². The van der Waals surface area contributed by atoms with Crippen LogP contribution in [0.5, 0.6) is 0 Å². The van der Waals surface area contributed by atoms with Crippen LogP contribution in [0.25, 0.3) is 10.2 Å². The molecule has 0 spiro atoms. The third-order valence-electron chi connectivity index (χ3n) is 7.52. The van der Waals surface area contributed by atoms with Crippen LogP contribution in [0.1, 0.15) is 59.2 Å². The lowest BCUT2D eigenvalue weighted by Crippen LogP contribution is -2.38. The number of aryl methyl sites for hydroxylation is 2. The van der Waals surface area contributed by atoms with E-state index in [9.17, 15) is 13.2 Å². The number of fused-ring (bicyclic) bond motifs is 1. The number of anilines is 1. The summed E-state index contributed by atoms with van der Waals surface area (Å²) in [6.07, 6.45) is 5.05. The van der Waals surface area contributed by atoms with Crippen molar-refractivity contribution in [1.29, 1.82) is 0 Å². The number of thiazole rings is 1. The first-order chi connectivity index (χ1) is 18.2. The monoisotopic (exact) mass is 547 g/mol. The Morgan fingerprint density at radius 2 is 1.61 bits per heavy atom. The van der Waals surface area contributed by atoms with Gasteiger partial charge in [-0.05, 0) is 79.8 Å². The molecule has 1 aromatic heterocycles. The molecule has 0 aliphatic heterocycles. The summed E-state index contributed by atoms with van der Waals surface area (Å²) in [6.45, 7) is 4.49. The predicted molar refractivity (Wildman–Crippen MR) is 154 cm³/mol. The number of carbonyl (C=O) groups is 1. The van der Waals surface area contributed by atoms with Gasteiger partial charge in [-0.15, -0.1) is 0 Å². The topological polar surface area (TPSA) is 70.6 Å². The van der Waals surface area contributed by atoms with Gasteiger partial charge < -0.3 is 0 Å². The predicted octanol–water partition coefficient (Wildman–Crippen LogP) is 6.71. The van der Waals surface area contributed by atoms with Gasteiger partial charge in [0.1, 0.15) is 0 Å². The summed E-state index contributed by atoms with van der Waals surface area (Å²) in [5.41, 5.74) is 4.62. The average molecular weight is 548 g/mol. The summed E-state index contributed by atoms with van der Waals surface area (Å²) >= 11 is 1.49. The van der Waals surface area contributed by atoms with Crippen molar-refractivity contribution in [2.45, 2.75) is 63.4 Å². The molecule has 1 amide bonds. The van der Waals surface area contributed by atoms with E-state index in [-0.39, 0.29) is 16.8 Å². The first-order valence-electron chi connectivity index (χ1n) is 13.1. The Morgan fingerprint density at radius 1 is 0.947 bits per heavy atom. The zero-order valence-corrected chi connectivity index (χ0v) is 23.7. The molecule has 0 N–H and O–H groups in total. The molecule has 8 heteroatoms. The molecule has 6 nitrogen and oxygen atoms in total. The summed E-state index contributed by atoms with van der Waals surface area (Å²) in [5.74, 6) is -0.217. The van der Waals surface area contributed by atoms with Crippen molar-refractivity contribution in [3.8, 4) is 0 Å². The van der Waals surface area contributed by atoms with Gasteiger partial charge >= 0.3 is 0 Å². The summed E-state index contributed by atoms with van der Waals surface area (Å²) in [5, 5.41) is 0.618. The van der Waals surface area contributed by atoms with Crippen LogP contribution in [-0.4, -0.2) is 36.7 Å². The number of nitrogens with zero attached hydrogens (tertiary/aromatic N) is 3. The Labute approximate surface area is 229 Å². The van der Waals surface area contributed by atoms with Crippen molar-refractivity contribution in [3.63, 3.8) is 0 Å². The lowest BCUT2D eigenvalue weighted by Gasteiger charge is -2.30. The molecule has 3 aromatic carbocycles. The standard InChI is InChI=1S/C30H33N3O3S2/c1-21-18-27-28(19-22(21)2)37-30(31-27)33(20-23-10-6-4-7-11-23)29(34)24-14-16-26(17-15-24)38(35,36)32(3)25-12-8-5-9-13-25/h4,6-7,10-11,14-19,25H,5,8-9,12-13,20H2,1-3H3. The number of sulfonamides is 1. The van der Waals surface area contributed by atoms with E-state index >= 15 is 0 Å². The van der Waals surface area contributed by atoms with Crippen LogP contribution in [-0.2, 0) is 16.6 Å². The molecule has 0 radical (unpaired) electrons. The van der Waals surface area contributed by atoms with E-state index < -0.39 is 10.0 Å². The lowest BCUT2D eigenvalue weighted by molar-refractivity contribution is 0.0985. The maximum absolute atomic E-state index is 13.8. The maximum atomic E-state index is 13.8. The van der Waals surface area contributed by atoms with Gasteiger partial charge in [0.25, 0.3) is 5.91 Å². The number of hydrogen-bond donors (Lipinski definition) is 0. The van der Waals surface area contributed by atoms with Crippen molar-refractivity contribution in [3.05, 3.63) is 89.0 Å². The van der Waals surface area contributed by atoms with Crippen LogP contribution >= 0.6 is 11.3 Å². The number of rotatable bonds is 7. The van der Waals surface area contributed by atoms with Gasteiger partial charge in [0.15, 0.2) is 5.13 Å². The fourth-order valence-corrected chi connectivity index (χ4v) is 7.47. The molecule has 0 atom stereocenters. The Hall–Kier alpha value is -3.07. The van der Waals surface area contributed by atoms with Crippen LogP contribution in [0.4, 0.5) is 5.13 Å². The van der Waals surface area contributed by atoms with Gasteiger partial charge in [-0.2, -0.15) is 4.31 Å². The quantitative estimate of drug-likeness (QED) is 0.258. The van der Waals surface area contributed by atoms with Gasteiger partial charge in [-0.25, -0.2) is 13.4 Å². The van der Waals surface area contributed by atoms with E-state index in [4.69, 9.17) is 4.98 Å². The van der Waals surface area contributed by atoms with E-state index in [0.717, 1.165) is 53.4 Å². The molecule has 38 heavy (non-hydrogen) atoms. The molecule has 0 unspecified atom stereocenters. The molecule has 198 valence electrons. The Balaban J connectivity index is 1.45. The second-order valence-electron chi connectivity index (χ2n) is 10.1. The molecule has 1 heterocycles. The first-order valence-corrected chi connectivity index (χ1v) is 15.3. The highest BCUT2D eigenvalue weighted by Crippen LogP contribution is 2.33. The minimum absolute atomic E-state index is 0.0303. The highest BCUT2D eigenvalue weighted by molar-refractivity contribution is 7.89. The zero-order chi connectivity index (χ0) is 26.9. The highest BCUT2D eigenvalue weighted by atomic mass is 32.2. The van der Waals surface area contributed by atoms with Crippen molar-refractivity contribution in [2.75, 3.05) is 11.9 Å². The van der Waals surface area contributed by atoms with Crippen molar-refractivity contribution in [1.82, 2.24) is 9.29 Å². The zero-order valence-electron chi connectivity index (χ0n) is 22.1. The summed E-state index contributed by atoms with van der Waals surface area (Å²) in [6, 6.07) is 20.3. The molecule has 1 aliphatic rings. The van der Waals surface area contributed by atoms with Crippen molar-refractivity contribution >= 4 is 42.6 Å². The number of amides is 1. The fourth-order valence-electron chi connectivity index (χ4n) is 5.01. The molecular weight excluding hydrogens is 514 g/mol. The Morgan fingerprint density at radius 3 is 2.29 bits per heavy atom. The average Bonchev–Trinajstić information content (AvgIpc) is 3.34. The maximum Gasteiger partial charge on any atom is 0.260 e. The largest absolute Gasteiger partial charge is 0.279 e. The Kier molecular flexibility index (Phi) is 7.66. The van der Waals surface area contributed by atoms with Crippen molar-refractivity contribution in [2.24, 2.45) is 0 Å². The highest BCUT2D eigenvalue weighted by Gasteiger charge is 2.29. The van der Waals surface area contributed by atoms with Crippen LogP contribution in [0.2, 0.25) is 0 Å². The smallest absolute Gasteiger partial charge is 0.260 e. The third-order valence-corrected chi connectivity index (χ3v) is 10.5. The molecule has 0 saturated heterocycles. The first kappa shape index (κ1) is 26.5. The van der Waals surface area contributed by atoms with Gasteiger partial charge in [-0.3, -0.25) is 9.69 Å². The lowest BCUT2D eigenvalue weighted by atomic mass is 9.96. The molecule has 1 aliphatic carbocycles.